The largest absolute Gasteiger partial charge is 0.344 e. The fraction of sp³-hybridized carbons (Fsp3) is 0.300. The smallest absolute Gasteiger partial charge is 0.310 e. The summed E-state index contributed by atoms with van der Waals surface area (Å²) in [5, 5.41) is 5.12. The minimum absolute atomic E-state index is 0.0553. The summed E-state index contributed by atoms with van der Waals surface area (Å²) in [4.78, 5) is 42.9. The molecule has 0 bridgehead atoms. The molecule has 140 valence electrons. The van der Waals surface area contributed by atoms with Gasteiger partial charge in [-0.05, 0) is 38.5 Å². The Labute approximate surface area is 157 Å². The quantitative estimate of drug-likeness (QED) is 0.805. The number of carbonyl (C=O) groups excluding carboxylic acids is 3. The number of fused-ring (bicyclic) bond motifs is 1. The maximum absolute atomic E-state index is 12.8. The monoisotopic (exact) mass is 366 g/mol. The normalized spacial score (nSPS) is 15.6. The topological polar surface area (TPSA) is 91.4 Å². The second-order valence-electron chi connectivity index (χ2n) is 6.81. The summed E-state index contributed by atoms with van der Waals surface area (Å²) in [6, 6.07) is 8.29. The lowest BCUT2D eigenvalue weighted by Gasteiger charge is -2.22. The molecule has 7 heteroatoms. The number of rotatable bonds is 4. The van der Waals surface area contributed by atoms with Crippen LogP contribution in [0.1, 0.15) is 36.6 Å². The average Bonchev–Trinajstić information content (AvgIpc) is 2.92. The van der Waals surface area contributed by atoms with Crippen molar-refractivity contribution in [2.45, 2.75) is 39.4 Å². The summed E-state index contributed by atoms with van der Waals surface area (Å²) in [5.41, 5.74) is 3.23. The third kappa shape index (κ3) is 3.81. The van der Waals surface area contributed by atoms with Crippen molar-refractivity contribution in [3.63, 3.8) is 0 Å². The number of aryl methyl sites for hydroxylation is 1. The van der Waals surface area contributed by atoms with Crippen molar-refractivity contribution in [1.82, 2.24) is 15.6 Å². The van der Waals surface area contributed by atoms with Crippen molar-refractivity contribution < 1.29 is 14.4 Å². The van der Waals surface area contributed by atoms with Crippen molar-refractivity contribution in [2.24, 2.45) is 0 Å². The molecule has 0 fully saturated rings. The van der Waals surface area contributed by atoms with Gasteiger partial charge in [0, 0.05) is 36.2 Å². The molecule has 1 aromatic heterocycles. The van der Waals surface area contributed by atoms with Crippen LogP contribution in [0, 0.1) is 6.92 Å². The Balaban J connectivity index is 1.72. The second kappa shape index (κ2) is 7.57. The van der Waals surface area contributed by atoms with Gasteiger partial charge in [-0.1, -0.05) is 23.8 Å². The highest BCUT2D eigenvalue weighted by Crippen LogP contribution is 2.37. The third-order valence-corrected chi connectivity index (χ3v) is 4.41. The van der Waals surface area contributed by atoms with E-state index in [4.69, 9.17) is 0 Å². The molecule has 1 aromatic carbocycles. The van der Waals surface area contributed by atoms with Crippen molar-refractivity contribution in [3.05, 3.63) is 59.4 Å². The lowest BCUT2D eigenvalue weighted by molar-refractivity contribution is -0.140. The molecular formula is C20H22N4O3. The van der Waals surface area contributed by atoms with Crippen LogP contribution in [0.4, 0.5) is 5.69 Å². The molecule has 1 aliphatic rings. The number of aromatic nitrogens is 1. The van der Waals surface area contributed by atoms with Crippen molar-refractivity contribution in [2.75, 3.05) is 4.90 Å². The number of amides is 3. The molecule has 0 aliphatic carbocycles. The summed E-state index contributed by atoms with van der Waals surface area (Å²) in [7, 11) is 0. The first kappa shape index (κ1) is 18.6. The van der Waals surface area contributed by atoms with Gasteiger partial charge in [-0.25, -0.2) is 0 Å². The molecule has 7 nitrogen and oxygen atoms in total. The van der Waals surface area contributed by atoms with Crippen molar-refractivity contribution >= 4 is 23.4 Å². The zero-order valence-corrected chi connectivity index (χ0v) is 15.5. The lowest BCUT2D eigenvalue weighted by Crippen LogP contribution is -2.45. The molecule has 2 N–H and O–H groups in total. The molecule has 2 heterocycles. The highest BCUT2D eigenvalue weighted by molar-refractivity contribution is 6.35. The van der Waals surface area contributed by atoms with Crippen molar-refractivity contribution in [1.29, 1.82) is 0 Å². The average molecular weight is 366 g/mol. The Kier molecular flexibility index (Phi) is 5.21. The van der Waals surface area contributed by atoms with E-state index >= 15 is 0 Å². The van der Waals surface area contributed by atoms with E-state index in [0.29, 0.717) is 5.56 Å². The number of anilines is 1. The number of nitrogens with zero attached hydrogens (tertiary/aromatic N) is 2. The second-order valence-corrected chi connectivity index (χ2v) is 6.81. The van der Waals surface area contributed by atoms with Crippen LogP contribution in [0.3, 0.4) is 0 Å². The third-order valence-electron chi connectivity index (χ3n) is 4.41. The van der Waals surface area contributed by atoms with E-state index in [9.17, 15) is 14.4 Å². The first-order valence-electron chi connectivity index (χ1n) is 8.79. The predicted molar refractivity (Wildman–Crippen MR) is 101 cm³/mol. The maximum Gasteiger partial charge on any atom is 0.310 e. The van der Waals surface area contributed by atoms with Crippen LogP contribution in [-0.4, -0.2) is 28.7 Å². The van der Waals surface area contributed by atoms with Gasteiger partial charge >= 0.3 is 11.8 Å². The number of nitrogens with one attached hydrogen (secondary N) is 2. The minimum Gasteiger partial charge on any atom is -0.344 e. The Morgan fingerprint density at radius 3 is 2.67 bits per heavy atom. The Morgan fingerprint density at radius 2 is 2.00 bits per heavy atom. The zero-order valence-electron chi connectivity index (χ0n) is 15.5. The van der Waals surface area contributed by atoms with Gasteiger partial charge in [-0.2, -0.15) is 0 Å². The summed E-state index contributed by atoms with van der Waals surface area (Å²) in [6.07, 6.45) is 3.24. The highest BCUT2D eigenvalue weighted by Gasteiger charge is 2.40. The highest BCUT2D eigenvalue weighted by atomic mass is 16.2. The maximum atomic E-state index is 12.8. The molecule has 27 heavy (non-hydrogen) atoms. The van der Waals surface area contributed by atoms with E-state index in [1.165, 1.54) is 0 Å². The SMILES string of the molecule is Cc1ccc2c(c1)[C@H](NC(=O)C(=O)NCc1cccnc1)C(=O)N2C(C)C. The van der Waals surface area contributed by atoms with Crippen LogP contribution in [0.15, 0.2) is 42.7 Å². The van der Waals surface area contributed by atoms with E-state index in [1.54, 1.807) is 29.4 Å². The van der Waals surface area contributed by atoms with E-state index < -0.39 is 17.9 Å². The molecule has 0 unspecified atom stereocenters. The van der Waals surface area contributed by atoms with Gasteiger partial charge in [0.15, 0.2) is 0 Å². The van der Waals surface area contributed by atoms with Crippen LogP contribution >= 0.6 is 0 Å². The molecular weight excluding hydrogens is 344 g/mol. The fourth-order valence-electron chi connectivity index (χ4n) is 3.15. The molecule has 0 saturated heterocycles. The number of hydrogen-bond acceptors (Lipinski definition) is 4. The van der Waals surface area contributed by atoms with Gasteiger partial charge in [0.25, 0.3) is 5.91 Å². The first-order chi connectivity index (χ1) is 12.9. The number of pyridine rings is 1. The van der Waals surface area contributed by atoms with Gasteiger partial charge in [0.2, 0.25) is 0 Å². The number of carbonyl (C=O) groups is 3. The van der Waals surface area contributed by atoms with Gasteiger partial charge in [0.1, 0.15) is 6.04 Å². The van der Waals surface area contributed by atoms with Gasteiger partial charge in [-0.15, -0.1) is 0 Å². The Hall–Kier alpha value is -3.22. The molecule has 3 rings (SSSR count). The van der Waals surface area contributed by atoms with E-state index in [-0.39, 0.29) is 18.5 Å². The number of hydrogen-bond donors (Lipinski definition) is 2. The summed E-state index contributed by atoms with van der Waals surface area (Å²) >= 11 is 0. The van der Waals surface area contributed by atoms with Crippen LogP contribution in [0.5, 0.6) is 0 Å². The fourth-order valence-corrected chi connectivity index (χ4v) is 3.15. The molecule has 2 aromatic rings. The van der Waals surface area contributed by atoms with E-state index in [0.717, 1.165) is 16.8 Å². The zero-order chi connectivity index (χ0) is 19.6. The Morgan fingerprint density at radius 1 is 1.22 bits per heavy atom. The van der Waals surface area contributed by atoms with Gasteiger partial charge < -0.3 is 15.5 Å². The van der Waals surface area contributed by atoms with Crippen LogP contribution < -0.4 is 15.5 Å². The molecule has 0 radical (unpaired) electrons. The van der Waals surface area contributed by atoms with Crippen molar-refractivity contribution in [3.8, 4) is 0 Å². The standard InChI is InChI=1S/C20H22N4O3/c1-12(2)24-16-7-6-13(3)9-15(16)17(20(24)27)23-19(26)18(25)22-11-14-5-4-8-21-10-14/h4-10,12,17H,11H2,1-3H3,(H,22,25)(H,23,26)/t17-/m0/s1. The van der Waals surface area contributed by atoms with E-state index in [2.05, 4.69) is 15.6 Å². The van der Waals surface area contributed by atoms with E-state index in [1.807, 2.05) is 39.0 Å². The molecule has 0 saturated carbocycles. The number of benzene rings is 1. The molecule has 1 aliphatic heterocycles. The van der Waals surface area contributed by atoms with Gasteiger partial charge in [0.05, 0.1) is 0 Å². The van der Waals surface area contributed by atoms with Crippen LogP contribution in [0.2, 0.25) is 0 Å². The molecule has 0 spiro atoms. The summed E-state index contributed by atoms with van der Waals surface area (Å²) in [5.74, 6) is -1.86. The summed E-state index contributed by atoms with van der Waals surface area (Å²) < 4.78 is 0. The van der Waals surface area contributed by atoms with Gasteiger partial charge in [-0.3, -0.25) is 19.4 Å². The molecule has 1 atom stereocenters. The minimum atomic E-state index is -0.862. The Bertz CT molecular complexity index is 880. The summed E-state index contributed by atoms with van der Waals surface area (Å²) in [6.45, 7) is 5.92. The lowest BCUT2D eigenvalue weighted by atomic mass is 10.1. The predicted octanol–water partition coefficient (Wildman–Crippen LogP) is 1.62. The van der Waals surface area contributed by atoms with Crippen LogP contribution in [-0.2, 0) is 20.9 Å². The van der Waals surface area contributed by atoms with Crippen LogP contribution in [0.25, 0.3) is 0 Å². The molecule has 3 amide bonds. The first-order valence-corrected chi connectivity index (χ1v) is 8.79.